The molecule has 1 amide bonds. The minimum absolute atomic E-state index is 0.0385. The number of halogens is 1. The zero-order valence-corrected chi connectivity index (χ0v) is 15.2. The van der Waals surface area contributed by atoms with E-state index in [1.165, 1.54) is 23.1 Å². The highest BCUT2D eigenvalue weighted by molar-refractivity contribution is 7.91. The van der Waals surface area contributed by atoms with Gasteiger partial charge in [-0.3, -0.25) is 4.79 Å². The first-order valence-electron chi connectivity index (χ1n) is 8.28. The van der Waals surface area contributed by atoms with Crippen LogP contribution < -0.4 is 4.74 Å². The van der Waals surface area contributed by atoms with Crippen molar-refractivity contribution in [2.75, 3.05) is 18.6 Å². The number of benzene rings is 2. The average Bonchev–Trinajstić information content (AvgIpc) is 2.99. The van der Waals surface area contributed by atoms with Crippen LogP contribution in [-0.4, -0.2) is 43.9 Å². The molecular weight excluding hydrogens is 357 g/mol. The van der Waals surface area contributed by atoms with Crippen molar-refractivity contribution in [3.63, 3.8) is 0 Å². The van der Waals surface area contributed by atoms with Gasteiger partial charge in [0.25, 0.3) is 5.91 Å². The average molecular weight is 377 g/mol. The van der Waals surface area contributed by atoms with Gasteiger partial charge in [0.2, 0.25) is 0 Å². The first-order chi connectivity index (χ1) is 12.4. The number of hydrogen-bond donors (Lipinski definition) is 0. The van der Waals surface area contributed by atoms with Crippen LogP contribution in [0.5, 0.6) is 5.75 Å². The normalized spacial score (nSPS) is 18.5. The monoisotopic (exact) mass is 377 g/mol. The number of carbonyl (C=O) groups is 1. The van der Waals surface area contributed by atoms with Crippen LogP contribution in [0.25, 0.3) is 0 Å². The fourth-order valence-electron chi connectivity index (χ4n) is 3.14. The second-order valence-corrected chi connectivity index (χ2v) is 8.55. The molecule has 5 nitrogen and oxygen atoms in total. The highest BCUT2D eigenvalue weighted by Gasteiger charge is 2.35. The third-order valence-corrected chi connectivity index (χ3v) is 6.25. The van der Waals surface area contributed by atoms with Crippen molar-refractivity contribution in [2.45, 2.75) is 19.0 Å². The molecule has 26 heavy (non-hydrogen) atoms. The third kappa shape index (κ3) is 4.04. The molecule has 2 aromatic rings. The first kappa shape index (κ1) is 18.4. The number of rotatable bonds is 5. The lowest BCUT2D eigenvalue weighted by molar-refractivity contribution is 0.0676. The quantitative estimate of drug-likeness (QED) is 0.804. The molecule has 0 aliphatic carbocycles. The van der Waals surface area contributed by atoms with Crippen LogP contribution in [0.1, 0.15) is 22.3 Å². The van der Waals surface area contributed by atoms with E-state index in [1.807, 2.05) is 6.07 Å². The van der Waals surface area contributed by atoms with E-state index in [0.29, 0.717) is 12.2 Å². The van der Waals surface area contributed by atoms with Crippen molar-refractivity contribution in [1.29, 1.82) is 0 Å². The second kappa shape index (κ2) is 7.45. The number of methoxy groups -OCH3 is 1. The Morgan fingerprint density at radius 1 is 1.23 bits per heavy atom. The van der Waals surface area contributed by atoms with E-state index in [-0.39, 0.29) is 23.6 Å². The summed E-state index contributed by atoms with van der Waals surface area (Å²) in [5.41, 5.74) is 0.734. The van der Waals surface area contributed by atoms with E-state index in [4.69, 9.17) is 4.74 Å². The number of amides is 1. The van der Waals surface area contributed by atoms with Gasteiger partial charge in [0.1, 0.15) is 11.6 Å². The number of carbonyl (C=O) groups excluding carboxylic acids is 1. The van der Waals surface area contributed by atoms with Gasteiger partial charge >= 0.3 is 0 Å². The topological polar surface area (TPSA) is 63.7 Å². The third-order valence-electron chi connectivity index (χ3n) is 4.50. The lowest BCUT2D eigenvalue weighted by atomic mass is 10.1. The smallest absolute Gasteiger partial charge is 0.257 e. The molecule has 2 aromatic carbocycles. The molecule has 1 heterocycles. The summed E-state index contributed by atoms with van der Waals surface area (Å²) in [6.45, 7) is 0.185. The fraction of sp³-hybridized carbons (Fsp3) is 0.316. The van der Waals surface area contributed by atoms with Crippen molar-refractivity contribution in [3.8, 4) is 5.75 Å². The maximum Gasteiger partial charge on any atom is 0.257 e. The van der Waals surface area contributed by atoms with Crippen LogP contribution in [-0.2, 0) is 16.4 Å². The summed E-state index contributed by atoms with van der Waals surface area (Å²) in [7, 11) is -1.64. The Bertz CT molecular complexity index is 913. The molecule has 0 bridgehead atoms. The van der Waals surface area contributed by atoms with Gasteiger partial charge in [0, 0.05) is 12.6 Å². The van der Waals surface area contributed by atoms with Crippen molar-refractivity contribution in [1.82, 2.24) is 4.90 Å². The summed E-state index contributed by atoms with van der Waals surface area (Å²) in [5.74, 6) is -0.546. The molecule has 1 aliphatic heterocycles. The van der Waals surface area contributed by atoms with Crippen LogP contribution in [0.2, 0.25) is 0 Å². The van der Waals surface area contributed by atoms with Crippen molar-refractivity contribution >= 4 is 15.7 Å². The SMILES string of the molecule is COc1cccc(CN(C(=O)c2ccccc2F)[C@H]2CCS(=O)(=O)C2)c1. The Kier molecular flexibility index (Phi) is 5.27. The van der Waals surface area contributed by atoms with Crippen LogP contribution in [0.4, 0.5) is 4.39 Å². The number of sulfone groups is 1. The summed E-state index contributed by atoms with van der Waals surface area (Å²) >= 11 is 0. The van der Waals surface area contributed by atoms with Gasteiger partial charge in [0.05, 0.1) is 24.2 Å². The molecule has 0 aromatic heterocycles. The largest absolute Gasteiger partial charge is 0.497 e. The Morgan fingerprint density at radius 2 is 2.00 bits per heavy atom. The Balaban J connectivity index is 1.94. The van der Waals surface area contributed by atoms with Crippen molar-refractivity contribution in [2.24, 2.45) is 0 Å². The Morgan fingerprint density at radius 3 is 2.65 bits per heavy atom. The van der Waals surface area contributed by atoms with Gasteiger partial charge in [-0.2, -0.15) is 0 Å². The molecule has 1 fully saturated rings. The molecular formula is C19H20FNO4S. The number of ether oxygens (including phenoxy) is 1. The molecule has 0 saturated carbocycles. The number of nitrogens with zero attached hydrogens (tertiary/aromatic N) is 1. The van der Waals surface area contributed by atoms with E-state index in [9.17, 15) is 17.6 Å². The zero-order valence-electron chi connectivity index (χ0n) is 14.4. The summed E-state index contributed by atoms with van der Waals surface area (Å²) < 4.78 is 43.1. The van der Waals surface area contributed by atoms with Gasteiger partial charge in [-0.25, -0.2) is 12.8 Å². The van der Waals surface area contributed by atoms with E-state index >= 15 is 0 Å². The minimum atomic E-state index is -3.18. The van der Waals surface area contributed by atoms with Crippen LogP contribution in [0.15, 0.2) is 48.5 Å². The predicted octanol–water partition coefficient (Wildman–Crippen LogP) is 2.66. The maximum absolute atomic E-state index is 14.1. The van der Waals surface area contributed by atoms with Crippen molar-refractivity contribution in [3.05, 3.63) is 65.5 Å². The lowest BCUT2D eigenvalue weighted by Gasteiger charge is -2.29. The summed E-state index contributed by atoms with van der Waals surface area (Å²) in [4.78, 5) is 14.4. The van der Waals surface area contributed by atoms with Crippen LogP contribution in [0, 0.1) is 5.82 Å². The molecule has 0 spiro atoms. The van der Waals surface area contributed by atoms with E-state index in [1.54, 1.807) is 31.4 Å². The highest BCUT2D eigenvalue weighted by Crippen LogP contribution is 2.24. The van der Waals surface area contributed by atoms with Crippen molar-refractivity contribution < 1.29 is 22.3 Å². The second-order valence-electron chi connectivity index (χ2n) is 6.32. The highest BCUT2D eigenvalue weighted by atomic mass is 32.2. The van der Waals surface area contributed by atoms with E-state index < -0.39 is 27.6 Å². The molecule has 1 atom stereocenters. The number of hydrogen-bond acceptors (Lipinski definition) is 4. The fourth-order valence-corrected chi connectivity index (χ4v) is 4.88. The standard InChI is InChI=1S/C19H20FNO4S/c1-25-16-6-4-5-14(11-16)12-21(15-9-10-26(23,24)13-15)19(22)17-7-2-3-8-18(17)20/h2-8,11,15H,9-10,12-13H2,1H3/t15-/m0/s1. The zero-order chi connectivity index (χ0) is 18.7. The Labute approximate surface area is 152 Å². The summed E-state index contributed by atoms with van der Waals surface area (Å²) in [6.07, 6.45) is 0.354. The Hall–Kier alpha value is -2.41. The van der Waals surface area contributed by atoms with E-state index in [2.05, 4.69) is 0 Å². The molecule has 0 radical (unpaired) electrons. The van der Waals surface area contributed by atoms with Gasteiger partial charge in [-0.1, -0.05) is 24.3 Å². The summed E-state index contributed by atoms with van der Waals surface area (Å²) in [6, 6.07) is 12.5. The maximum atomic E-state index is 14.1. The van der Waals surface area contributed by atoms with Gasteiger partial charge in [-0.05, 0) is 36.2 Å². The van der Waals surface area contributed by atoms with Crippen LogP contribution in [0.3, 0.4) is 0 Å². The molecule has 7 heteroatoms. The lowest BCUT2D eigenvalue weighted by Crippen LogP contribution is -2.41. The van der Waals surface area contributed by atoms with Crippen LogP contribution >= 0.6 is 0 Å². The molecule has 0 N–H and O–H groups in total. The molecule has 1 aliphatic rings. The van der Waals surface area contributed by atoms with Gasteiger partial charge in [0.15, 0.2) is 9.84 Å². The van der Waals surface area contributed by atoms with Gasteiger partial charge in [-0.15, -0.1) is 0 Å². The summed E-state index contributed by atoms with van der Waals surface area (Å²) in [5, 5.41) is 0. The molecule has 1 saturated heterocycles. The van der Waals surface area contributed by atoms with E-state index in [0.717, 1.165) is 5.56 Å². The first-order valence-corrected chi connectivity index (χ1v) is 10.1. The minimum Gasteiger partial charge on any atom is -0.497 e. The van der Waals surface area contributed by atoms with Gasteiger partial charge < -0.3 is 9.64 Å². The predicted molar refractivity (Wildman–Crippen MR) is 96.3 cm³/mol. The molecule has 3 rings (SSSR count). The molecule has 0 unspecified atom stereocenters. The molecule has 138 valence electrons.